The van der Waals surface area contributed by atoms with Crippen LogP contribution in [0.2, 0.25) is 0 Å². The number of carbonyl (C=O) groups is 1. The Balaban J connectivity index is 2.10. The van der Waals surface area contributed by atoms with Gasteiger partial charge in [-0.15, -0.1) is 0 Å². The van der Waals surface area contributed by atoms with Gasteiger partial charge in [-0.3, -0.25) is 4.79 Å². The Labute approximate surface area is 90.4 Å². The number of nitrogens with zero attached hydrogens (tertiary/aromatic N) is 1. The van der Waals surface area contributed by atoms with E-state index in [2.05, 4.69) is 23.6 Å². The summed E-state index contributed by atoms with van der Waals surface area (Å²) in [5.74, 6) is 0.272. The molecule has 3 atom stereocenters. The summed E-state index contributed by atoms with van der Waals surface area (Å²) < 4.78 is 0. The first-order chi connectivity index (χ1) is 6.68. The SMILES string of the molecule is CC(=O)N1CC(C)SC2CCCCC21. The summed E-state index contributed by atoms with van der Waals surface area (Å²) in [5.41, 5.74) is 0. The smallest absolute Gasteiger partial charge is 0.219 e. The van der Waals surface area contributed by atoms with Crippen molar-refractivity contribution in [3.63, 3.8) is 0 Å². The van der Waals surface area contributed by atoms with Crippen LogP contribution in [-0.4, -0.2) is 33.9 Å². The van der Waals surface area contributed by atoms with Crippen molar-refractivity contribution in [1.29, 1.82) is 0 Å². The predicted molar refractivity (Wildman–Crippen MR) is 60.5 cm³/mol. The summed E-state index contributed by atoms with van der Waals surface area (Å²) in [6.45, 7) is 4.92. The molecule has 0 radical (unpaired) electrons. The average Bonchev–Trinajstić information content (AvgIpc) is 2.16. The lowest BCUT2D eigenvalue weighted by atomic mass is 9.93. The maximum atomic E-state index is 11.5. The van der Waals surface area contributed by atoms with Gasteiger partial charge in [0.25, 0.3) is 0 Å². The van der Waals surface area contributed by atoms with Gasteiger partial charge in [0, 0.05) is 30.0 Å². The van der Waals surface area contributed by atoms with Gasteiger partial charge >= 0.3 is 0 Å². The maximum Gasteiger partial charge on any atom is 0.219 e. The number of hydrogen-bond donors (Lipinski definition) is 0. The Morgan fingerprint density at radius 3 is 2.79 bits per heavy atom. The van der Waals surface area contributed by atoms with Gasteiger partial charge in [-0.1, -0.05) is 19.8 Å². The Morgan fingerprint density at radius 2 is 2.07 bits per heavy atom. The third kappa shape index (κ3) is 1.92. The Bertz CT molecular complexity index is 231. The molecular formula is C11H19NOS. The van der Waals surface area contributed by atoms with E-state index in [-0.39, 0.29) is 5.91 Å². The molecule has 3 heteroatoms. The van der Waals surface area contributed by atoms with Crippen molar-refractivity contribution in [3.05, 3.63) is 0 Å². The molecule has 1 aliphatic heterocycles. The van der Waals surface area contributed by atoms with E-state index in [1.165, 1.54) is 25.7 Å². The van der Waals surface area contributed by atoms with E-state index >= 15 is 0 Å². The Hall–Kier alpha value is -0.180. The first-order valence-electron chi connectivity index (χ1n) is 5.61. The molecule has 1 amide bonds. The summed E-state index contributed by atoms with van der Waals surface area (Å²) in [6.07, 6.45) is 5.19. The van der Waals surface area contributed by atoms with Crippen molar-refractivity contribution in [3.8, 4) is 0 Å². The van der Waals surface area contributed by atoms with E-state index in [1.807, 2.05) is 0 Å². The Kier molecular flexibility index (Phi) is 3.05. The van der Waals surface area contributed by atoms with Gasteiger partial charge in [0.05, 0.1) is 0 Å². The standard InChI is InChI=1S/C11H19NOS/c1-8-7-12(9(2)13)10-5-3-4-6-11(10)14-8/h8,10-11H,3-7H2,1-2H3. The summed E-state index contributed by atoms with van der Waals surface area (Å²) >= 11 is 2.10. The third-order valence-electron chi connectivity index (χ3n) is 3.33. The van der Waals surface area contributed by atoms with Gasteiger partial charge in [-0.25, -0.2) is 0 Å². The highest BCUT2D eigenvalue weighted by Crippen LogP contribution is 2.38. The van der Waals surface area contributed by atoms with E-state index in [0.717, 1.165) is 11.8 Å². The molecule has 1 heterocycles. The molecule has 0 aromatic heterocycles. The second-order valence-electron chi connectivity index (χ2n) is 4.51. The first-order valence-corrected chi connectivity index (χ1v) is 6.55. The zero-order chi connectivity index (χ0) is 10.1. The van der Waals surface area contributed by atoms with Crippen LogP contribution in [0.4, 0.5) is 0 Å². The van der Waals surface area contributed by atoms with Crippen molar-refractivity contribution >= 4 is 17.7 Å². The van der Waals surface area contributed by atoms with Crippen molar-refractivity contribution in [1.82, 2.24) is 4.90 Å². The van der Waals surface area contributed by atoms with E-state index in [9.17, 15) is 4.79 Å². The lowest BCUT2D eigenvalue weighted by Gasteiger charge is -2.45. The number of fused-ring (bicyclic) bond motifs is 1. The number of hydrogen-bond acceptors (Lipinski definition) is 2. The molecule has 1 saturated heterocycles. The Morgan fingerprint density at radius 1 is 1.36 bits per heavy atom. The summed E-state index contributed by atoms with van der Waals surface area (Å²) in [4.78, 5) is 13.6. The minimum atomic E-state index is 0.272. The fourth-order valence-electron chi connectivity index (χ4n) is 2.71. The topological polar surface area (TPSA) is 20.3 Å². The monoisotopic (exact) mass is 213 g/mol. The molecule has 0 aromatic carbocycles. The molecule has 0 bridgehead atoms. The van der Waals surface area contributed by atoms with E-state index in [0.29, 0.717) is 11.3 Å². The summed E-state index contributed by atoms with van der Waals surface area (Å²) in [7, 11) is 0. The van der Waals surface area contributed by atoms with Crippen LogP contribution in [0.25, 0.3) is 0 Å². The highest BCUT2D eigenvalue weighted by Gasteiger charge is 2.37. The first kappa shape index (κ1) is 10.3. The molecule has 0 spiro atoms. The fourth-order valence-corrected chi connectivity index (χ4v) is 4.32. The molecule has 0 N–H and O–H groups in total. The van der Waals surface area contributed by atoms with Crippen LogP contribution < -0.4 is 0 Å². The molecule has 1 saturated carbocycles. The van der Waals surface area contributed by atoms with Gasteiger partial charge in [0.1, 0.15) is 0 Å². The van der Waals surface area contributed by atoms with Gasteiger partial charge in [-0.2, -0.15) is 11.8 Å². The second-order valence-corrected chi connectivity index (χ2v) is 6.19. The second kappa shape index (κ2) is 4.13. The molecule has 3 unspecified atom stereocenters. The molecule has 14 heavy (non-hydrogen) atoms. The van der Waals surface area contributed by atoms with Crippen LogP contribution in [0, 0.1) is 0 Å². The lowest BCUT2D eigenvalue weighted by molar-refractivity contribution is -0.131. The number of amides is 1. The minimum Gasteiger partial charge on any atom is -0.338 e. The zero-order valence-corrected chi connectivity index (χ0v) is 9.85. The fraction of sp³-hybridized carbons (Fsp3) is 0.909. The summed E-state index contributed by atoms with van der Waals surface area (Å²) in [6, 6.07) is 0.544. The summed E-state index contributed by atoms with van der Waals surface area (Å²) in [5, 5.41) is 1.34. The zero-order valence-electron chi connectivity index (χ0n) is 9.03. The average molecular weight is 213 g/mol. The lowest BCUT2D eigenvalue weighted by Crippen LogP contribution is -2.53. The van der Waals surface area contributed by atoms with Crippen LogP contribution in [0.5, 0.6) is 0 Å². The minimum absolute atomic E-state index is 0.272. The molecule has 2 fully saturated rings. The van der Waals surface area contributed by atoms with Crippen LogP contribution in [0.1, 0.15) is 39.5 Å². The van der Waals surface area contributed by atoms with E-state index in [4.69, 9.17) is 0 Å². The van der Waals surface area contributed by atoms with Gasteiger partial charge in [0.15, 0.2) is 0 Å². The molecule has 2 nitrogen and oxygen atoms in total. The van der Waals surface area contributed by atoms with Crippen molar-refractivity contribution in [2.24, 2.45) is 0 Å². The number of rotatable bonds is 0. The maximum absolute atomic E-state index is 11.5. The molecule has 2 rings (SSSR count). The van der Waals surface area contributed by atoms with Crippen LogP contribution in [0.15, 0.2) is 0 Å². The van der Waals surface area contributed by atoms with Gasteiger partial charge in [0.2, 0.25) is 5.91 Å². The van der Waals surface area contributed by atoms with Crippen molar-refractivity contribution in [2.75, 3.05) is 6.54 Å². The van der Waals surface area contributed by atoms with Crippen LogP contribution >= 0.6 is 11.8 Å². The van der Waals surface area contributed by atoms with E-state index in [1.54, 1.807) is 6.92 Å². The predicted octanol–water partition coefficient (Wildman–Crippen LogP) is 2.28. The van der Waals surface area contributed by atoms with Gasteiger partial charge in [-0.05, 0) is 12.8 Å². The quantitative estimate of drug-likeness (QED) is 0.615. The van der Waals surface area contributed by atoms with Crippen LogP contribution in [0.3, 0.4) is 0 Å². The van der Waals surface area contributed by atoms with Crippen LogP contribution in [-0.2, 0) is 4.79 Å². The van der Waals surface area contributed by atoms with Gasteiger partial charge < -0.3 is 4.90 Å². The molecule has 2 aliphatic rings. The molecule has 80 valence electrons. The largest absolute Gasteiger partial charge is 0.338 e. The molecule has 1 aliphatic carbocycles. The highest BCUT2D eigenvalue weighted by molar-refractivity contribution is 8.00. The number of carbonyl (C=O) groups excluding carboxylic acids is 1. The normalized spacial score (nSPS) is 37.9. The molecular weight excluding hydrogens is 194 g/mol. The third-order valence-corrected chi connectivity index (χ3v) is 4.85. The molecule has 0 aromatic rings. The highest BCUT2D eigenvalue weighted by atomic mass is 32.2. The number of thioether (sulfide) groups is 1. The van der Waals surface area contributed by atoms with E-state index < -0.39 is 0 Å². The van der Waals surface area contributed by atoms with Crippen molar-refractivity contribution in [2.45, 2.75) is 56.1 Å². The van der Waals surface area contributed by atoms with Crippen molar-refractivity contribution < 1.29 is 4.79 Å².